The van der Waals surface area contributed by atoms with E-state index in [1.54, 1.807) is 5.57 Å². The summed E-state index contributed by atoms with van der Waals surface area (Å²) in [5, 5.41) is 17.2. The molecule has 6 atom stereocenters. The van der Waals surface area contributed by atoms with Gasteiger partial charge in [-0.25, -0.2) is 0 Å². The quantitative estimate of drug-likeness (QED) is 0.149. The van der Waals surface area contributed by atoms with Gasteiger partial charge < -0.3 is 10.6 Å². The molecule has 6 aliphatic carbocycles. The summed E-state index contributed by atoms with van der Waals surface area (Å²) in [7, 11) is 0. The van der Waals surface area contributed by atoms with Crippen molar-refractivity contribution in [2.75, 3.05) is 6.54 Å². The molecule has 0 saturated heterocycles. The van der Waals surface area contributed by atoms with Gasteiger partial charge in [0.2, 0.25) is 0 Å². The molecule has 6 aliphatic rings. The number of nitrogens with one attached hydrogen (secondary N) is 2. The fourth-order valence-corrected chi connectivity index (χ4v) is 9.95. The van der Waals surface area contributed by atoms with Crippen molar-refractivity contribution in [2.45, 2.75) is 114 Å². The lowest BCUT2D eigenvalue weighted by Crippen LogP contribution is -2.34. The highest BCUT2D eigenvalue weighted by Crippen LogP contribution is 2.42. The van der Waals surface area contributed by atoms with Crippen molar-refractivity contribution in [3.63, 3.8) is 0 Å². The average Bonchev–Trinajstić information content (AvgIpc) is 3.30. The van der Waals surface area contributed by atoms with Crippen molar-refractivity contribution in [2.24, 2.45) is 17.8 Å². The van der Waals surface area contributed by atoms with Crippen LogP contribution in [-0.2, 0) is 0 Å². The molecule has 0 aliphatic heterocycles. The molecule has 0 bridgehead atoms. The minimum absolute atomic E-state index is 0.173. The van der Waals surface area contributed by atoms with Crippen LogP contribution >= 0.6 is 0 Å². The number of nitrogens with zero attached hydrogens (tertiary/aromatic N) is 1. The minimum atomic E-state index is 0.173. The lowest BCUT2D eigenvalue weighted by atomic mass is 9.75. The number of allylic oxidation sites excluding steroid dienone is 14. The summed E-state index contributed by atoms with van der Waals surface area (Å²) in [6, 6.07) is 21.6. The normalized spacial score (nSPS) is 26.8. The van der Waals surface area contributed by atoms with E-state index in [2.05, 4.69) is 151 Å². The van der Waals surface area contributed by atoms with E-state index in [4.69, 9.17) is 0 Å². The molecule has 0 spiro atoms. The van der Waals surface area contributed by atoms with E-state index in [0.29, 0.717) is 29.8 Å². The van der Waals surface area contributed by atoms with Crippen LogP contribution in [0.25, 0.3) is 16.7 Å². The van der Waals surface area contributed by atoms with Crippen LogP contribution in [0.3, 0.4) is 0 Å². The highest BCUT2D eigenvalue weighted by molar-refractivity contribution is 5.72. The van der Waals surface area contributed by atoms with Gasteiger partial charge in [0.1, 0.15) is 0 Å². The molecular weight excluding hydrogens is 703 g/mol. The lowest BCUT2D eigenvalue weighted by Gasteiger charge is -2.35. The van der Waals surface area contributed by atoms with Crippen LogP contribution < -0.4 is 10.6 Å². The van der Waals surface area contributed by atoms with E-state index in [0.717, 1.165) is 83.6 Å². The standard InChI is InChI=1S/C55H63N3/c1-40(12-8-9-35-57-52-32-29-43(30-33-52)42-13-4-2-5-14-42)48-17-10-18-49(36-48)45-25-27-46(28-26-45)51-31-34-55(54(38-51)47-15-6-3-7-16-47)58-53-20-11-19-50(37-53)44-23-21-41(39-56)22-24-44/h3-4,6,10-11,13,15,17-19,23,25-30,32,34,36-37,41-42,51-54,57-58H,1-2,5,7-9,12,14,16,20-22,24,31,33,35,38H2. The van der Waals surface area contributed by atoms with Crippen LogP contribution in [0, 0.1) is 29.1 Å². The Kier molecular flexibility index (Phi) is 13.5. The molecule has 0 heterocycles. The molecule has 298 valence electrons. The molecule has 8 rings (SSSR count). The Balaban J connectivity index is 0.847. The van der Waals surface area contributed by atoms with Gasteiger partial charge in [0.25, 0.3) is 0 Å². The molecule has 3 nitrogen and oxygen atoms in total. The van der Waals surface area contributed by atoms with Gasteiger partial charge in [-0.3, -0.25) is 0 Å². The van der Waals surface area contributed by atoms with Crippen molar-refractivity contribution < 1.29 is 0 Å². The zero-order valence-electron chi connectivity index (χ0n) is 34.6. The Morgan fingerprint density at radius 2 is 1.76 bits per heavy atom. The summed E-state index contributed by atoms with van der Waals surface area (Å²) < 4.78 is 0. The van der Waals surface area contributed by atoms with E-state index < -0.39 is 0 Å². The topological polar surface area (TPSA) is 47.8 Å². The van der Waals surface area contributed by atoms with Crippen LogP contribution in [0.15, 0.2) is 162 Å². The summed E-state index contributed by atoms with van der Waals surface area (Å²) in [6.07, 6.45) is 47.4. The first-order valence-corrected chi connectivity index (χ1v) is 22.6. The Morgan fingerprint density at radius 1 is 0.828 bits per heavy atom. The molecule has 0 aromatic heterocycles. The lowest BCUT2D eigenvalue weighted by molar-refractivity contribution is 0.456. The van der Waals surface area contributed by atoms with Crippen LogP contribution in [0.2, 0.25) is 0 Å². The van der Waals surface area contributed by atoms with Crippen LogP contribution in [0.4, 0.5) is 0 Å². The third kappa shape index (κ3) is 10.2. The monoisotopic (exact) mass is 766 g/mol. The van der Waals surface area contributed by atoms with Crippen molar-refractivity contribution in [1.82, 2.24) is 10.6 Å². The second-order valence-corrected chi connectivity index (χ2v) is 17.5. The average molecular weight is 766 g/mol. The second-order valence-electron chi connectivity index (χ2n) is 17.5. The SMILES string of the molecule is C=C(CCCCNC1C=CC(C2C=CCCC2)=CC1)c1cccc(-c2ccc(C3CC=C(NC4C=C(C5=CCC(C#N)CC5)C=CC4)C(C4=CC=CCC4)C3)cc2)c1. The van der Waals surface area contributed by atoms with Gasteiger partial charge in [-0.2, -0.15) is 5.26 Å². The molecule has 2 aromatic rings. The second kappa shape index (κ2) is 19.7. The number of hydrogen-bond donors (Lipinski definition) is 2. The largest absolute Gasteiger partial charge is 0.382 e. The first kappa shape index (κ1) is 39.9. The van der Waals surface area contributed by atoms with Crippen molar-refractivity contribution in [3.05, 3.63) is 173 Å². The van der Waals surface area contributed by atoms with E-state index in [1.165, 1.54) is 69.5 Å². The summed E-state index contributed by atoms with van der Waals surface area (Å²) >= 11 is 0. The number of benzene rings is 2. The van der Waals surface area contributed by atoms with Gasteiger partial charge in [-0.15, -0.1) is 0 Å². The van der Waals surface area contributed by atoms with Gasteiger partial charge in [-0.1, -0.05) is 134 Å². The molecule has 58 heavy (non-hydrogen) atoms. The Hall–Kier alpha value is -4.91. The summed E-state index contributed by atoms with van der Waals surface area (Å²) in [5.41, 5.74) is 13.7. The minimum Gasteiger partial charge on any atom is -0.382 e. The molecule has 2 aromatic carbocycles. The molecule has 0 saturated carbocycles. The maximum absolute atomic E-state index is 9.37. The van der Waals surface area contributed by atoms with Gasteiger partial charge in [0.15, 0.2) is 0 Å². The molecule has 0 fully saturated rings. The molecule has 0 radical (unpaired) electrons. The van der Waals surface area contributed by atoms with E-state index in [-0.39, 0.29) is 5.92 Å². The number of rotatable bonds is 14. The van der Waals surface area contributed by atoms with E-state index in [1.807, 2.05) is 0 Å². The van der Waals surface area contributed by atoms with Crippen LogP contribution in [0.5, 0.6) is 0 Å². The van der Waals surface area contributed by atoms with Crippen molar-refractivity contribution in [3.8, 4) is 17.2 Å². The zero-order chi connectivity index (χ0) is 39.5. The third-order valence-corrected chi connectivity index (χ3v) is 13.5. The summed E-state index contributed by atoms with van der Waals surface area (Å²) in [4.78, 5) is 0. The molecule has 6 unspecified atom stereocenters. The summed E-state index contributed by atoms with van der Waals surface area (Å²) in [5.74, 6) is 1.71. The third-order valence-electron chi connectivity index (χ3n) is 13.5. The van der Waals surface area contributed by atoms with E-state index in [9.17, 15) is 5.26 Å². The molecule has 3 heteroatoms. The maximum Gasteiger partial charge on any atom is 0.0659 e. The first-order chi connectivity index (χ1) is 28.6. The number of hydrogen-bond acceptors (Lipinski definition) is 3. The number of unbranched alkanes of at least 4 members (excludes halogenated alkanes) is 1. The molecule has 2 N–H and O–H groups in total. The summed E-state index contributed by atoms with van der Waals surface area (Å²) in [6.45, 7) is 5.56. The highest BCUT2D eigenvalue weighted by atomic mass is 14.9. The van der Waals surface area contributed by atoms with Gasteiger partial charge in [0.05, 0.1) is 12.0 Å². The van der Waals surface area contributed by atoms with Crippen LogP contribution in [-0.4, -0.2) is 18.6 Å². The Morgan fingerprint density at radius 3 is 2.53 bits per heavy atom. The zero-order valence-corrected chi connectivity index (χ0v) is 34.6. The Labute approximate surface area is 349 Å². The Bertz CT molecular complexity index is 2100. The predicted octanol–water partition coefficient (Wildman–Crippen LogP) is 13.5. The fourth-order valence-electron chi connectivity index (χ4n) is 9.95. The smallest absolute Gasteiger partial charge is 0.0659 e. The predicted molar refractivity (Wildman–Crippen MR) is 245 cm³/mol. The maximum atomic E-state index is 9.37. The van der Waals surface area contributed by atoms with Crippen molar-refractivity contribution >= 4 is 5.57 Å². The molecule has 0 amide bonds. The van der Waals surface area contributed by atoms with Crippen molar-refractivity contribution in [1.29, 1.82) is 5.26 Å². The van der Waals surface area contributed by atoms with Gasteiger partial charge in [0, 0.05) is 29.6 Å². The van der Waals surface area contributed by atoms with Crippen LogP contribution in [0.1, 0.15) is 113 Å². The van der Waals surface area contributed by atoms with E-state index >= 15 is 0 Å². The first-order valence-electron chi connectivity index (χ1n) is 22.6. The fraction of sp³-hybridized carbons (Fsp3) is 0.400. The number of nitriles is 1. The molecular formula is C55H63N3. The van der Waals surface area contributed by atoms with Gasteiger partial charge in [-0.05, 0) is 159 Å². The highest BCUT2D eigenvalue weighted by Gasteiger charge is 2.30. The van der Waals surface area contributed by atoms with Gasteiger partial charge >= 0.3 is 0 Å².